The summed E-state index contributed by atoms with van der Waals surface area (Å²) in [4.78, 5) is 6.21. The molecule has 0 saturated carbocycles. The van der Waals surface area contributed by atoms with Crippen molar-refractivity contribution in [3.8, 4) is 0 Å². The van der Waals surface area contributed by atoms with Crippen LogP contribution >= 0.6 is 11.6 Å². The molecule has 0 bridgehead atoms. The van der Waals surface area contributed by atoms with Crippen LogP contribution in [0.1, 0.15) is 25.0 Å². The van der Waals surface area contributed by atoms with Gasteiger partial charge in [-0.2, -0.15) is 0 Å². The van der Waals surface area contributed by atoms with E-state index in [2.05, 4.69) is 9.88 Å². The quantitative estimate of drug-likeness (QED) is 0.587. The van der Waals surface area contributed by atoms with Crippen LogP contribution in [0.5, 0.6) is 0 Å². The molecule has 4 heteroatoms. The number of aromatic nitrogens is 1. The number of likely N-dealkylation sites (tertiary alicyclic amines) is 1. The second-order valence-corrected chi connectivity index (χ2v) is 4.14. The van der Waals surface area contributed by atoms with Crippen molar-refractivity contribution in [1.82, 2.24) is 9.88 Å². The third-order valence-electron chi connectivity index (χ3n) is 2.66. The lowest BCUT2D eigenvalue weighted by Gasteiger charge is -2.28. The van der Waals surface area contributed by atoms with Crippen molar-refractivity contribution in [2.45, 2.75) is 19.3 Å². The fourth-order valence-electron chi connectivity index (χ4n) is 1.83. The lowest BCUT2D eigenvalue weighted by Crippen LogP contribution is -2.36. The molecule has 3 nitrogen and oxygen atoms in total. The summed E-state index contributed by atoms with van der Waals surface area (Å²) in [6, 6.07) is 3.57. The molecule has 1 saturated heterocycles. The molecule has 1 N–H and O–H groups in total. The predicted octanol–water partition coefficient (Wildman–Crippen LogP) is 2.55. The van der Waals surface area contributed by atoms with Crippen molar-refractivity contribution in [3.63, 3.8) is 0 Å². The normalized spacial score (nSPS) is 16.5. The van der Waals surface area contributed by atoms with E-state index >= 15 is 0 Å². The first-order chi connectivity index (χ1) is 7.29. The molecule has 0 radical (unpaired) electrons. The van der Waals surface area contributed by atoms with Gasteiger partial charge in [0.1, 0.15) is 11.5 Å². The van der Waals surface area contributed by atoms with E-state index in [1.54, 1.807) is 18.3 Å². The molecule has 1 aliphatic rings. The number of nitrogens with zero attached hydrogens (tertiary/aromatic N) is 2. The van der Waals surface area contributed by atoms with Crippen LogP contribution in [0.4, 0.5) is 0 Å². The van der Waals surface area contributed by atoms with Crippen molar-refractivity contribution in [3.05, 3.63) is 29.0 Å². The maximum Gasteiger partial charge on any atom is 0.148 e. The third kappa shape index (κ3) is 2.29. The molecule has 0 atom stereocenters. The lowest BCUT2D eigenvalue weighted by molar-refractivity contribution is 0.340. The summed E-state index contributed by atoms with van der Waals surface area (Å²) in [5, 5.41) is 8.61. The maximum atomic E-state index is 8.04. The Hall–Kier alpha value is -1.09. The minimum absolute atomic E-state index is 0.459. The Labute approximate surface area is 94.6 Å². The largest absolute Gasteiger partial charge is 0.355 e. The molecule has 2 heterocycles. The Morgan fingerprint density at radius 3 is 2.73 bits per heavy atom. The van der Waals surface area contributed by atoms with Gasteiger partial charge in [0.25, 0.3) is 0 Å². The maximum absolute atomic E-state index is 8.04. The van der Waals surface area contributed by atoms with E-state index in [1.807, 2.05) is 0 Å². The van der Waals surface area contributed by atoms with Gasteiger partial charge in [0.15, 0.2) is 0 Å². The van der Waals surface area contributed by atoms with Crippen LogP contribution in [0.2, 0.25) is 5.02 Å². The fourth-order valence-corrected chi connectivity index (χ4v) is 2.04. The Bertz CT molecular complexity index is 359. The number of piperidine rings is 1. The summed E-state index contributed by atoms with van der Waals surface area (Å²) >= 11 is 6.01. The molecular weight excluding hydrogens is 210 g/mol. The molecular formula is C11H14ClN3. The van der Waals surface area contributed by atoms with Crippen molar-refractivity contribution in [1.29, 1.82) is 5.41 Å². The zero-order chi connectivity index (χ0) is 10.7. The standard InChI is InChI=1S/C11H14ClN3/c12-9-5-4-6-14-10(9)11(13)15-7-2-1-3-8-15/h4-6,13H,1-3,7-8H2. The molecule has 15 heavy (non-hydrogen) atoms. The highest BCUT2D eigenvalue weighted by atomic mass is 35.5. The van der Waals surface area contributed by atoms with Gasteiger partial charge in [-0.3, -0.25) is 10.4 Å². The number of amidine groups is 1. The van der Waals surface area contributed by atoms with Gasteiger partial charge in [0.05, 0.1) is 5.02 Å². The van der Waals surface area contributed by atoms with E-state index in [4.69, 9.17) is 17.0 Å². The number of rotatable bonds is 1. The summed E-state index contributed by atoms with van der Waals surface area (Å²) in [5.41, 5.74) is 0.598. The van der Waals surface area contributed by atoms with Gasteiger partial charge >= 0.3 is 0 Å². The summed E-state index contributed by atoms with van der Waals surface area (Å²) in [6.07, 6.45) is 5.26. The minimum atomic E-state index is 0.459. The van der Waals surface area contributed by atoms with Crippen LogP contribution in [0.3, 0.4) is 0 Å². The Balaban J connectivity index is 2.16. The van der Waals surface area contributed by atoms with Crippen LogP contribution in [0.25, 0.3) is 0 Å². The molecule has 1 aromatic heterocycles. The smallest absolute Gasteiger partial charge is 0.148 e. The molecule has 0 aliphatic carbocycles. The van der Waals surface area contributed by atoms with Crippen LogP contribution in [0, 0.1) is 5.41 Å². The number of hydrogen-bond acceptors (Lipinski definition) is 2. The average molecular weight is 224 g/mol. The van der Waals surface area contributed by atoms with E-state index in [0.717, 1.165) is 25.9 Å². The summed E-state index contributed by atoms with van der Waals surface area (Å²) in [5.74, 6) is 0.459. The minimum Gasteiger partial charge on any atom is -0.355 e. The first-order valence-corrected chi connectivity index (χ1v) is 5.61. The van der Waals surface area contributed by atoms with E-state index in [9.17, 15) is 0 Å². The number of halogens is 1. The highest BCUT2D eigenvalue weighted by Crippen LogP contribution is 2.17. The van der Waals surface area contributed by atoms with Crippen molar-refractivity contribution < 1.29 is 0 Å². The highest BCUT2D eigenvalue weighted by molar-refractivity contribution is 6.33. The van der Waals surface area contributed by atoms with Gasteiger partial charge < -0.3 is 4.90 Å². The second kappa shape index (κ2) is 4.62. The van der Waals surface area contributed by atoms with Gasteiger partial charge in [-0.05, 0) is 31.4 Å². The van der Waals surface area contributed by atoms with Crippen LogP contribution < -0.4 is 0 Å². The molecule has 0 amide bonds. The van der Waals surface area contributed by atoms with Gasteiger partial charge in [-0.25, -0.2) is 0 Å². The third-order valence-corrected chi connectivity index (χ3v) is 2.96. The zero-order valence-electron chi connectivity index (χ0n) is 8.54. The fraction of sp³-hybridized carbons (Fsp3) is 0.455. The van der Waals surface area contributed by atoms with E-state index < -0.39 is 0 Å². The van der Waals surface area contributed by atoms with Crippen LogP contribution in [0.15, 0.2) is 18.3 Å². The van der Waals surface area contributed by atoms with Crippen molar-refractivity contribution in [2.75, 3.05) is 13.1 Å². The molecule has 1 aromatic rings. The Kier molecular flexibility index (Phi) is 3.21. The summed E-state index contributed by atoms with van der Waals surface area (Å²) in [6.45, 7) is 1.90. The van der Waals surface area contributed by atoms with Gasteiger partial charge in [-0.15, -0.1) is 0 Å². The van der Waals surface area contributed by atoms with Crippen molar-refractivity contribution in [2.24, 2.45) is 0 Å². The molecule has 0 spiro atoms. The van der Waals surface area contributed by atoms with Crippen LogP contribution in [-0.4, -0.2) is 28.8 Å². The van der Waals surface area contributed by atoms with Crippen LogP contribution in [-0.2, 0) is 0 Å². The SMILES string of the molecule is N=C(c1ncccc1Cl)N1CCCCC1. The first-order valence-electron chi connectivity index (χ1n) is 5.23. The highest BCUT2D eigenvalue weighted by Gasteiger charge is 2.17. The monoisotopic (exact) mass is 223 g/mol. The summed E-state index contributed by atoms with van der Waals surface area (Å²) < 4.78 is 0. The van der Waals surface area contributed by atoms with Gasteiger partial charge in [-0.1, -0.05) is 11.6 Å². The number of pyridine rings is 1. The van der Waals surface area contributed by atoms with Gasteiger partial charge in [0.2, 0.25) is 0 Å². The average Bonchev–Trinajstić information content (AvgIpc) is 2.30. The van der Waals surface area contributed by atoms with Gasteiger partial charge in [0, 0.05) is 19.3 Å². The second-order valence-electron chi connectivity index (χ2n) is 3.73. The molecule has 0 aromatic carbocycles. The van der Waals surface area contributed by atoms with E-state index in [0.29, 0.717) is 16.6 Å². The van der Waals surface area contributed by atoms with E-state index in [1.165, 1.54) is 6.42 Å². The number of nitrogens with one attached hydrogen (secondary N) is 1. The Morgan fingerprint density at radius 1 is 1.33 bits per heavy atom. The first kappa shape index (κ1) is 10.4. The molecule has 1 aliphatic heterocycles. The number of hydrogen-bond donors (Lipinski definition) is 1. The van der Waals surface area contributed by atoms with E-state index in [-0.39, 0.29) is 0 Å². The topological polar surface area (TPSA) is 40.0 Å². The zero-order valence-corrected chi connectivity index (χ0v) is 9.30. The summed E-state index contributed by atoms with van der Waals surface area (Å²) in [7, 11) is 0. The molecule has 2 rings (SSSR count). The van der Waals surface area contributed by atoms with Crippen molar-refractivity contribution >= 4 is 17.4 Å². The lowest BCUT2D eigenvalue weighted by atomic mass is 10.1. The molecule has 0 unspecified atom stereocenters. The predicted molar refractivity (Wildman–Crippen MR) is 61.5 cm³/mol. The molecule has 1 fully saturated rings. The molecule has 80 valence electrons. The Morgan fingerprint density at radius 2 is 2.07 bits per heavy atom.